The summed E-state index contributed by atoms with van der Waals surface area (Å²) in [5, 5.41) is 11.7. The Kier molecular flexibility index (Phi) is 10.7. The van der Waals surface area contributed by atoms with E-state index in [0.717, 1.165) is 39.1 Å². The summed E-state index contributed by atoms with van der Waals surface area (Å²) < 4.78 is 34.5. The average Bonchev–Trinajstić information content (AvgIpc) is 3.12. The summed E-state index contributed by atoms with van der Waals surface area (Å²) >= 11 is 0. The van der Waals surface area contributed by atoms with E-state index in [1.807, 2.05) is 25.1 Å². The second kappa shape index (κ2) is 13.9. The molecule has 44 heavy (non-hydrogen) atoms. The zero-order chi connectivity index (χ0) is 32.1. The van der Waals surface area contributed by atoms with Crippen LogP contribution in [0.15, 0.2) is 54.1 Å². The second-order valence-corrected chi connectivity index (χ2v) is 12.4. The number of hydrogen-bond acceptors (Lipinski definition) is 10. The van der Waals surface area contributed by atoms with E-state index in [9.17, 15) is 19.5 Å². The van der Waals surface area contributed by atoms with Crippen LogP contribution >= 0.6 is 0 Å². The summed E-state index contributed by atoms with van der Waals surface area (Å²) in [4.78, 5) is 39.9. The normalized spacial score (nSPS) is 32.8. The smallest absolute Gasteiger partial charge is 0.346 e. The molecule has 3 fully saturated rings. The molecule has 2 bridgehead atoms. The number of carbonyl (C=O) groups is 3. The number of methoxy groups -OCH3 is 2. The topological polar surface area (TPSA) is 127 Å². The van der Waals surface area contributed by atoms with Gasteiger partial charge in [-0.25, -0.2) is 14.4 Å². The van der Waals surface area contributed by atoms with Gasteiger partial charge >= 0.3 is 17.9 Å². The van der Waals surface area contributed by atoms with Crippen LogP contribution in [0.4, 0.5) is 0 Å². The fraction of sp³-hybridized carbons (Fsp3) is 0.618. The predicted molar refractivity (Wildman–Crippen MR) is 160 cm³/mol. The molecule has 1 aromatic rings. The van der Waals surface area contributed by atoms with Crippen molar-refractivity contribution in [3.05, 3.63) is 59.7 Å². The fourth-order valence-electron chi connectivity index (χ4n) is 6.55. The van der Waals surface area contributed by atoms with Crippen LogP contribution in [0, 0.1) is 17.8 Å². The molecule has 4 rings (SSSR count). The van der Waals surface area contributed by atoms with Gasteiger partial charge in [-0.3, -0.25) is 0 Å². The number of benzene rings is 1. The van der Waals surface area contributed by atoms with E-state index in [1.54, 1.807) is 6.08 Å². The molecule has 0 aliphatic carbocycles. The Morgan fingerprint density at radius 3 is 2.43 bits per heavy atom. The van der Waals surface area contributed by atoms with Crippen molar-refractivity contribution < 1.29 is 47.9 Å². The van der Waals surface area contributed by atoms with Crippen LogP contribution in [0.1, 0.15) is 58.9 Å². The first-order valence-electron chi connectivity index (χ1n) is 15.4. The fourth-order valence-corrected chi connectivity index (χ4v) is 6.55. The maximum atomic E-state index is 13.6. The first-order valence-corrected chi connectivity index (χ1v) is 15.4. The number of rotatable bonds is 11. The predicted octanol–water partition coefficient (Wildman–Crippen LogP) is 4.08. The Bertz CT molecular complexity index is 1240. The Hall–Kier alpha value is -3.05. The minimum absolute atomic E-state index is 0.0903. The molecule has 0 saturated carbocycles. The third-order valence-electron chi connectivity index (χ3n) is 9.03. The van der Waals surface area contributed by atoms with Gasteiger partial charge in [0.15, 0.2) is 12.2 Å². The largest absolute Gasteiger partial charge is 0.467 e. The van der Waals surface area contributed by atoms with Crippen molar-refractivity contribution in [1.82, 2.24) is 0 Å². The maximum absolute atomic E-state index is 13.6. The van der Waals surface area contributed by atoms with Gasteiger partial charge in [0.05, 0.1) is 27.4 Å². The number of allylic oxidation sites excluding steroid dienone is 2. The number of esters is 3. The number of aliphatic hydroxyl groups is 1. The van der Waals surface area contributed by atoms with Crippen LogP contribution in [0.2, 0.25) is 0 Å². The van der Waals surface area contributed by atoms with E-state index >= 15 is 0 Å². The molecule has 0 amide bonds. The SMILES string of the molecule is CC[C@H](C)C[C@H](C)/C=C/C(=O)O[C@@H]1[C@H]2OC/C(=C/[C@H](C)Cc3ccccc3)CC[C@@]23OC[C@@](O)(C(=O)OC)[C@]1(C(=O)OC)O3. The van der Waals surface area contributed by atoms with Gasteiger partial charge in [0.2, 0.25) is 17.0 Å². The summed E-state index contributed by atoms with van der Waals surface area (Å²) in [6.45, 7) is 7.85. The van der Waals surface area contributed by atoms with E-state index in [-0.39, 0.29) is 24.9 Å². The summed E-state index contributed by atoms with van der Waals surface area (Å²) in [6, 6.07) is 10.2. The van der Waals surface area contributed by atoms with Gasteiger partial charge in [-0.15, -0.1) is 0 Å². The third-order valence-corrected chi connectivity index (χ3v) is 9.03. The molecule has 0 aromatic heterocycles. The quantitative estimate of drug-likeness (QED) is 0.169. The Morgan fingerprint density at radius 1 is 1.07 bits per heavy atom. The van der Waals surface area contributed by atoms with Crippen molar-refractivity contribution in [3.8, 4) is 0 Å². The Morgan fingerprint density at radius 2 is 1.77 bits per heavy atom. The van der Waals surface area contributed by atoms with Crippen molar-refractivity contribution in [3.63, 3.8) is 0 Å². The monoisotopic (exact) mass is 614 g/mol. The number of fused-ring (bicyclic) bond motifs is 1. The average molecular weight is 615 g/mol. The van der Waals surface area contributed by atoms with Gasteiger partial charge in [0, 0.05) is 12.5 Å². The van der Waals surface area contributed by atoms with Crippen molar-refractivity contribution >= 4 is 17.9 Å². The van der Waals surface area contributed by atoms with E-state index in [0.29, 0.717) is 12.3 Å². The van der Waals surface area contributed by atoms with Gasteiger partial charge in [0.1, 0.15) is 0 Å². The third kappa shape index (κ3) is 6.49. The molecule has 3 aliphatic rings. The summed E-state index contributed by atoms with van der Waals surface area (Å²) in [5.41, 5.74) is -2.97. The molecular weight excluding hydrogens is 568 g/mol. The van der Waals surface area contributed by atoms with Crippen LogP contribution in [0.25, 0.3) is 0 Å². The van der Waals surface area contributed by atoms with Crippen LogP contribution in [0.5, 0.6) is 0 Å². The molecule has 10 heteroatoms. The van der Waals surface area contributed by atoms with Crippen LogP contribution < -0.4 is 0 Å². The molecule has 3 aliphatic heterocycles. The lowest BCUT2D eigenvalue weighted by Gasteiger charge is -2.46. The maximum Gasteiger partial charge on any atom is 0.346 e. The standard InChI is InChI=1S/C34H46O10/c1-7-22(2)17-23(3)13-14-27(35)43-29-28-33(42-21-32(38,30(36)39-5)34(29,44-33)31(37)40-6)16-15-26(20-41-28)19-24(4)18-25-11-9-8-10-12-25/h8-14,19,22-24,28-29,38H,7,15-18,20-21H2,1-6H3/b14-13+,26-19+/t22-,23+,24+,28+,29+,32+,33-,34-/m0/s1. The summed E-state index contributed by atoms with van der Waals surface area (Å²) in [6.07, 6.45) is 5.85. The van der Waals surface area contributed by atoms with Gasteiger partial charge in [-0.2, -0.15) is 0 Å². The lowest BCUT2D eigenvalue weighted by molar-refractivity contribution is -0.355. The molecule has 1 N–H and O–H groups in total. The molecule has 3 heterocycles. The van der Waals surface area contributed by atoms with Gasteiger partial charge in [-0.1, -0.05) is 76.6 Å². The zero-order valence-electron chi connectivity index (χ0n) is 26.6. The van der Waals surface area contributed by atoms with Crippen molar-refractivity contribution in [2.24, 2.45) is 17.8 Å². The molecule has 242 valence electrons. The van der Waals surface area contributed by atoms with Crippen LogP contribution in [-0.2, 0) is 49.2 Å². The molecule has 0 radical (unpaired) electrons. The lowest BCUT2D eigenvalue weighted by Crippen LogP contribution is -2.74. The van der Waals surface area contributed by atoms with Gasteiger partial charge in [0.25, 0.3) is 0 Å². The molecule has 1 spiro atoms. The molecule has 8 atom stereocenters. The molecule has 1 aromatic carbocycles. The number of ether oxygens (including phenoxy) is 6. The van der Waals surface area contributed by atoms with Crippen molar-refractivity contribution in [2.45, 2.75) is 89.0 Å². The minimum Gasteiger partial charge on any atom is -0.467 e. The van der Waals surface area contributed by atoms with Crippen molar-refractivity contribution in [2.75, 3.05) is 27.4 Å². The zero-order valence-corrected chi connectivity index (χ0v) is 26.6. The highest BCUT2D eigenvalue weighted by Gasteiger charge is 2.83. The Labute approximate surface area is 259 Å². The van der Waals surface area contributed by atoms with E-state index < -0.39 is 53.7 Å². The second-order valence-electron chi connectivity index (χ2n) is 12.4. The first kappa shape index (κ1) is 33.8. The van der Waals surface area contributed by atoms with E-state index in [4.69, 9.17) is 28.4 Å². The van der Waals surface area contributed by atoms with Crippen LogP contribution in [-0.4, -0.2) is 79.6 Å². The summed E-state index contributed by atoms with van der Waals surface area (Å²) in [5.74, 6) is -3.92. The van der Waals surface area contributed by atoms with E-state index in [1.165, 1.54) is 11.6 Å². The van der Waals surface area contributed by atoms with Gasteiger partial charge < -0.3 is 33.5 Å². The Balaban J connectivity index is 1.66. The molecule has 10 nitrogen and oxygen atoms in total. The first-order chi connectivity index (χ1) is 20.9. The molecule has 3 saturated heterocycles. The summed E-state index contributed by atoms with van der Waals surface area (Å²) in [7, 11) is 2.16. The van der Waals surface area contributed by atoms with Gasteiger partial charge in [-0.05, 0) is 48.2 Å². The number of hydrogen-bond donors (Lipinski definition) is 1. The minimum atomic E-state index is -2.68. The van der Waals surface area contributed by atoms with Crippen molar-refractivity contribution in [1.29, 1.82) is 0 Å². The highest BCUT2D eigenvalue weighted by molar-refractivity contribution is 5.95. The number of carbonyl (C=O) groups excluding carboxylic acids is 3. The highest BCUT2D eigenvalue weighted by atomic mass is 16.8. The molecular formula is C34H46O10. The van der Waals surface area contributed by atoms with E-state index in [2.05, 4.69) is 39.0 Å². The lowest BCUT2D eigenvalue weighted by atomic mass is 9.78. The molecule has 0 unspecified atom stereocenters. The highest BCUT2D eigenvalue weighted by Crippen LogP contribution is 2.56. The van der Waals surface area contributed by atoms with Crippen LogP contribution in [0.3, 0.4) is 0 Å².